The lowest BCUT2D eigenvalue weighted by molar-refractivity contribution is 0.494. The van der Waals surface area contributed by atoms with Crippen LogP contribution < -0.4 is 0 Å². The van der Waals surface area contributed by atoms with Gasteiger partial charge in [-0.05, 0) is 23.3 Å². The molecular formula is C6H12S. The Morgan fingerprint density at radius 1 is 1.14 bits per heavy atom. The molecule has 1 saturated heterocycles. The molecule has 1 fully saturated rings. The minimum absolute atomic E-state index is 0.977. The third kappa shape index (κ3) is 1.12. The summed E-state index contributed by atoms with van der Waals surface area (Å²) in [5, 5.41) is 0. The molecule has 1 heteroatoms. The second-order valence-corrected chi connectivity index (χ2v) is 3.57. The maximum absolute atomic E-state index is 2.34. The lowest BCUT2D eigenvalue weighted by atomic mass is 10.0. The average Bonchev–Trinajstić information content (AvgIpc) is 1.91. The fourth-order valence-electron chi connectivity index (χ4n) is 0.768. The van der Waals surface area contributed by atoms with Crippen LogP contribution in [0, 0.1) is 11.8 Å². The normalized spacial score (nSPS) is 42.0. The summed E-state index contributed by atoms with van der Waals surface area (Å²) < 4.78 is 0. The van der Waals surface area contributed by atoms with Crippen molar-refractivity contribution in [1.29, 1.82) is 0 Å². The maximum atomic E-state index is 2.34. The topological polar surface area (TPSA) is 0 Å². The number of thioether (sulfide) groups is 1. The third-order valence-corrected chi connectivity index (χ3v) is 3.26. The molecule has 1 aliphatic rings. The van der Waals surface area contributed by atoms with Crippen molar-refractivity contribution in [2.24, 2.45) is 11.8 Å². The summed E-state index contributed by atoms with van der Waals surface area (Å²) in [7, 11) is 0. The molecule has 1 aliphatic heterocycles. The maximum Gasteiger partial charge on any atom is -0.00388 e. The molecule has 1 unspecified atom stereocenters. The molecule has 1 heterocycles. The summed E-state index contributed by atoms with van der Waals surface area (Å²) in [5.41, 5.74) is 0. The van der Waals surface area contributed by atoms with Gasteiger partial charge in [-0.2, -0.15) is 11.8 Å². The largest absolute Gasteiger partial charge is 0.161 e. The highest BCUT2D eigenvalue weighted by molar-refractivity contribution is 7.99. The van der Waals surface area contributed by atoms with Crippen molar-refractivity contribution in [3.63, 3.8) is 0 Å². The van der Waals surface area contributed by atoms with E-state index in [0.717, 1.165) is 11.8 Å². The Bertz CT molecular complexity index is 53.2. The SMILES string of the molecule is CC1CSC[C@H]1C. The van der Waals surface area contributed by atoms with E-state index in [9.17, 15) is 0 Å². The average molecular weight is 116 g/mol. The van der Waals surface area contributed by atoms with Gasteiger partial charge in [0.2, 0.25) is 0 Å². The Hall–Kier alpha value is 0.350. The van der Waals surface area contributed by atoms with Crippen LogP contribution in [0.1, 0.15) is 13.8 Å². The highest BCUT2D eigenvalue weighted by Gasteiger charge is 2.18. The molecule has 0 amide bonds. The van der Waals surface area contributed by atoms with Crippen molar-refractivity contribution in [1.82, 2.24) is 0 Å². The van der Waals surface area contributed by atoms with Gasteiger partial charge in [-0.3, -0.25) is 0 Å². The molecule has 1 rings (SSSR count). The number of rotatable bonds is 0. The highest BCUT2D eigenvalue weighted by atomic mass is 32.2. The van der Waals surface area contributed by atoms with E-state index in [2.05, 4.69) is 25.6 Å². The van der Waals surface area contributed by atoms with Crippen molar-refractivity contribution >= 4 is 11.8 Å². The van der Waals surface area contributed by atoms with Crippen molar-refractivity contribution in [3.05, 3.63) is 0 Å². The molecule has 42 valence electrons. The van der Waals surface area contributed by atoms with E-state index in [1.165, 1.54) is 11.5 Å². The first-order valence-corrected chi connectivity index (χ1v) is 4.04. The van der Waals surface area contributed by atoms with E-state index >= 15 is 0 Å². The Morgan fingerprint density at radius 3 is 1.71 bits per heavy atom. The van der Waals surface area contributed by atoms with Crippen LogP contribution in [0.3, 0.4) is 0 Å². The first-order chi connectivity index (χ1) is 3.30. The molecule has 0 aliphatic carbocycles. The fraction of sp³-hybridized carbons (Fsp3) is 1.00. The molecule has 0 saturated carbocycles. The fourth-order valence-corrected chi connectivity index (χ4v) is 2.31. The first kappa shape index (κ1) is 5.49. The van der Waals surface area contributed by atoms with E-state index in [0.29, 0.717) is 0 Å². The van der Waals surface area contributed by atoms with Crippen molar-refractivity contribution in [2.45, 2.75) is 13.8 Å². The second-order valence-electron chi connectivity index (χ2n) is 2.49. The molecule has 7 heavy (non-hydrogen) atoms. The van der Waals surface area contributed by atoms with Crippen LogP contribution in [-0.4, -0.2) is 11.5 Å². The van der Waals surface area contributed by atoms with E-state index in [1.807, 2.05) is 0 Å². The van der Waals surface area contributed by atoms with Gasteiger partial charge in [-0.1, -0.05) is 13.8 Å². The predicted molar refractivity (Wildman–Crippen MR) is 35.7 cm³/mol. The summed E-state index contributed by atoms with van der Waals surface area (Å²) in [6.07, 6.45) is 0. The quantitative estimate of drug-likeness (QED) is 0.466. The zero-order chi connectivity index (χ0) is 5.28. The monoisotopic (exact) mass is 116 g/mol. The molecule has 0 spiro atoms. The van der Waals surface area contributed by atoms with Crippen LogP contribution in [0.5, 0.6) is 0 Å². The first-order valence-electron chi connectivity index (χ1n) is 2.88. The van der Waals surface area contributed by atoms with Gasteiger partial charge in [-0.15, -0.1) is 0 Å². The van der Waals surface area contributed by atoms with Crippen molar-refractivity contribution < 1.29 is 0 Å². The van der Waals surface area contributed by atoms with E-state index in [1.54, 1.807) is 0 Å². The molecule has 0 aromatic heterocycles. The minimum Gasteiger partial charge on any atom is -0.161 e. The molecule has 0 bridgehead atoms. The molecule has 0 radical (unpaired) electrons. The number of hydrogen-bond donors (Lipinski definition) is 0. The van der Waals surface area contributed by atoms with Gasteiger partial charge >= 0.3 is 0 Å². The lowest BCUT2D eigenvalue weighted by Crippen LogP contribution is -2.01. The standard InChI is InChI=1S/C6H12S/c1-5-3-7-4-6(5)2/h5-6H,3-4H2,1-2H3/t5-,6?/m1/s1. The van der Waals surface area contributed by atoms with Crippen LogP contribution in [0.4, 0.5) is 0 Å². The van der Waals surface area contributed by atoms with E-state index < -0.39 is 0 Å². The summed E-state index contributed by atoms with van der Waals surface area (Å²) in [6.45, 7) is 4.68. The Balaban J connectivity index is 2.33. The van der Waals surface area contributed by atoms with E-state index in [-0.39, 0.29) is 0 Å². The summed E-state index contributed by atoms with van der Waals surface area (Å²) >= 11 is 2.09. The lowest BCUT2D eigenvalue weighted by Gasteiger charge is -2.03. The zero-order valence-electron chi connectivity index (χ0n) is 4.98. The summed E-state index contributed by atoms with van der Waals surface area (Å²) in [6, 6.07) is 0. The third-order valence-electron chi connectivity index (χ3n) is 1.73. The van der Waals surface area contributed by atoms with Gasteiger partial charge in [-0.25, -0.2) is 0 Å². The van der Waals surface area contributed by atoms with E-state index in [4.69, 9.17) is 0 Å². The molecule has 0 aromatic carbocycles. The number of hydrogen-bond acceptors (Lipinski definition) is 1. The van der Waals surface area contributed by atoms with Gasteiger partial charge in [0.15, 0.2) is 0 Å². The zero-order valence-corrected chi connectivity index (χ0v) is 5.79. The summed E-state index contributed by atoms with van der Waals surface area (Å²) in [4.78, 5) is 0. The van der Waals surface area contributed by atoms with Crippen LogP contribution in [0.15, 0.2) is 0 Å². The van der Waals surface area contributed by atoms with Gasteiger partial charge < -0.3 is 0 Å². The molecular weight excluding hydrogens is 104 g/mol. The van der Waals surface area contributed by atoms with Gasteiger partial charge in [0.05, 0.1) is 0 Å². The van der Waals surface area contributed by atoms with Crippen molar-refractivity contribution in [2.75, 3.05) is 11.5 Å². The molecule has 0 N–H and O–H groups in total. The van der Waals surface area contributed by atoms with Crippen LogP contribution >= 0.6 is 11.8 Å². The van der Waals surface area contributed by atoms with Gasteiger partial charge in [0, 0.05) is 0 Å². The highest BCUT2D eigenvalue weighted by Crippen LogP contribution is 2.28. The molecule has 2 atom stereocenters. The Labute approximate surface area is 49.7 Å². The molecule has 0 nitrogen and oxygen atoms in total. The second kappa shape index (κ2) is 2.08. The van der Waals surface area contributed by atoms with Crippen LogP contribution in [0.25, 0.3) is 0 Å². The van der Waals surface area contributed by atoms with Gasteiger partial charge in [0.1, 0.15) is 0 Å². The Kier molecular flexibility index (Phi) is 1.63. The van der Waals surface area contributed by atoms with Crippen LogP contribution in [-0.2, 0) is 0 Å². The summed E-state index contributed by atoms with van der Waals surface area (Å²) in [5.74, 6) is 4.73. The molecule has 0 aromatic rings. The van der Waals surface area contributed by atoms with Crippen molar-refractivity contribution in [3.8, 4) is 0 Å². The smallest absolute Gasteiger partial charge is 0.00388 e. The predicted octanol–water partition coefficient (Wildman–Crippen LogP) is 2.01. The minimum atomic E-state index is 0.977. The van der Waals surface area contributed by atoms with Crippen LogP contribution in [0.2, 0.25) is 0 Å². The Morgan fingerprint density at radius 2 is 1.57 bits per heavy atom. The van der Waals surface area contributed by atoms with Gasteiger partial charge in [0.25, 0.3) is 0 Å².